The van der Waals surface area contributed by atoms with Gasteiger partial charge in [0.15, 0.2) is 0 Å². The first kappa shape index (κ1) is 13.7. The number of rotatable bonds is 4. The fourth-order valence-corrected chi connectivity index (χ4v) is 1.91. The fraction of sp³-hybridized carbons (Fsp3) is 0.133. The van der Waals surface area contributed by atoms with Crippen molar-refractivity contribution in [3.05, 3.63) is 63.8 Å². The molecule has 2 rings (SSSR count). The van der Waals surface area contributed by atoms with E-state index in [0.29, 0.717) is 5.56 Å². The van der Waals surface area contributed by atoms with Gasteiger partial charge in [-0.3, -0.25) is 10.1 Å². The average molecular weight is 271 g/mol. The molecule has 0 aliphatic rings. The molecule has 0 N–H and O–H groups in total. The first-order chi connectivity index (χ1) is 9.63. The predicted molar refractivity (Wildman–Crippen MR) is 75.6 cm³/mol. The number of nitrogens with zero attached hydrogens (tertiary/aromatic N) is 1. The minimum Gasteiger partial charge on any atom is -0.458 e. The molecule has 0 amide bonds. The number of carbonyl (C=O) groups excluding carboxylic acids is 1. The smallest absolute Gasteiger partial charge is 0.409 e. The molecule has 0 saturated heterocycles. The zero-order valence-electron chi connectivity index (χ0n) is 10.9. The summed E-state index contributed by atoms with van der Waals surface area (Å²) in [4.78, 5) is 21.9. The van der Waals surface area contributed by atoms with Crippen LogP contribution in [0, 0.1) is 10.1 Å². The van der Waals surface area contributed by atoms with Crippen molar-refractivity contribution < 1.29 is 14.5 Å². The summed E-state index contributed by atoms with van der Waals surface area (Å²) >= 11 is 0. The third-order valence-corrected chi connectivity index (χ3v) is 2.80. The van der Waals surface area contributed by atoms with Gasteiger partial charge < -0.3 is 4.74 Å². The summed E-state index contributed by atoms with van der Waals surface area (Å²) in [5.74, 6) is -0.926. The highest BCUT2D eigenvalue weighted by Crippen LogP contribution is 2.21. The molecule has 0 aliphatic heterocycles. The van der Waals surface area contributed by atoms with Crippen molar-refractivity contribution in [2.45, 2.75) is 6.92 Å². The zero-order valence-corrected chi connectivity index (χ0v) is 10.9. The summed E-state index contributed by atoms with van der Waals surface area (Å²) < 4.78 is 4.70. The molecule has 5 nitrogen and oxygen atoms in total. The molecule has 0 spiro atoms. The number of carbonyl (C=O) groups is 1. The standard InChI is InChI=1S/C15H13NO4/c1-2-20-15(17)14(16(18)19)10-12-8-5-7-11-6-3-4-9-13(11)12/h3-10H,2H2,1H3/b14-10-. The summed E-state index contributed by atoms with van der Waals surface area (Å²) in [6.45, 7) is 1.70. The first-order valence-corrected chi connectivity index (χ1v) is 6.14. The molecule has 5 heteroatoms. The minimum atomic E-state index is -0.926. The lowest BCUT2D eigenvalue weighted by Crippen LogP contribution is -2.14. The third-order valence-electron chi connectivity index (χ3n) is 2.80. The molecule has 0 radical (unpaired) electrons. The van der Waals surface area contributed by atoms with Gasteiger partial charge in [0.1, 0.15) is 0 Å². The van der Waals surface area contributed by atoms with Gasteiger partial charge in [0, 0.05) is 6.08 Å². The molecule has 2 aromatic carbocycles. The average Bonchev–Trinajstić information content (AvgIpc) is 2.44. The van der Waals surface area contributed by atoms with Crippen LogP contribution in [-0.4, -0.2) is 17.5 Å². The van der Waals surface area contributed by atoms with E-state index in [4.69, 9.17) is 4.74 Å². The molecule has 2 aromatic rings. The van der Waals surface area contributed by atoms with E-state index in [2.05, 4.69) is 0 Å². The molecule has 0 fully saturated rings. The van der Waals surface area contributed by atoms with Gasteiger partial charge >= 0.3 is 11.7 Å². The highest BCUT2D eigenvalue weighted by Gasteiger charge is 2.23. The van der Waals surface area contributed by atoms with Crippen molar-refractivity contribution in [3.63, 3.8) is 0 Å². The lowest BCUT2D eigenvalue weighted by molar-refractivity contribution is -0.419. The molecule has 0 bridgehead atoms. The van der Waals surface area contributed by atoms with Gasteiger partial charge in [-0.05, 0) is 23.3 Å². The number of esters is 1. The van der Waals surface area contributed by atoms with Crippen LogP contribution in [0.1, 0.15) is 12.5 Å². The Balaban J connectivity index is 2.54. The van der Waals surface area contributed by atoms with E-state index >= 15 is 0 Å². The van der Waals surface area contributed by atoms with Gasteiger partial charge in [0.05, 0.1) is 11.5 Å². The molecule has 0 unspecified atom stereocenters. The quantitative estimate of drug-likeness (QED) is 0.371. The third kappa shape index (κ3) is 2.83. The Bertz CT molecular complexity index is 686. The largest absolute Gasteiger partial charge is 0.458 e. The second kappa shape index (κ2) is 5.97. The lowest BCUT2D eigenvalue weighted by Gasteiger charge is -2.03. The number of benzene rings is 2. The fourth-order valence-electron chi connectivity index (χ4n) is 1.91. The molecule has 0 heterocycles. The Morgan fingerprint density at radius 1 is 1.25 bits per heavy atom. The van der Waals surface area contributed by atoms with Crippen LogP contribution >= 0.6 is 0 Å². The summed E-state index contributed by atoms with van der Waals surface area (Å²) in [7, 11) is 0. The highest BCUT2D eigenvalue weighted by atomic mass is 16.6. The molecule has 0 saturated carbocycles. The summed E-state index contributed by atoms with van der Waals surface area (Å²) in [6.07, 6.45) is 1.25. The maximum atomic E-state index is 11.6. The number of nitro groups is 1. The molecular formula is C15H13NO4. The number of fused-ring (bicyclic) bond motifs is 1. The number of hydrogen-bond donors (Lipinski definition) is 0. The van der Waals surface area contributed by atoms with Gasteiger partial charge in [-0.2, -0.15) is 0 Å². The van der Waals surface area contributed by atoms with Gasteiger partial charge in [0.2, 0.25) is 0 Å². The van der Waals surface area contributed by atoms with Crippen molar-refractivity contribution in [1.82, 2.24) is 0 Å². The van der Waals surface area contributed by atoms with Crippen LogP contribution in [-0.2, 0) is 9.53 Å². The second-order valence-corrected chi connectivity index (χ2v) is 4.08. The van der Waals surface area contributed by atoms with E-state index in [1.54, 1.807) is 19.1 Å². The van der Waals surface area contributed by atoms with E-state index in [-0.39, 0.29) is 6.61 Å². The monoisotopic (exact) mass is 271 g/mol. The van der Waals surface area contributed by atoms with Crippen molar-refractivity contribution in [2.24, 2.45) is 0 Å². The van der Waals surface area contributed by atoms with Crippen molar-refractivity contribution in [3.8, 4) is 0 Å². The van der Waals surface area contributed by atoms with E-state index in [9.17, 15) is 14.9 Å². The summed E-state index contributed by atoms with van der Waals surface area (Å²) in [6, 6.07) is 12.9. The van der Waals surface area contributed by atoms with Crippen LogP contribution in [0.4, 0.5) is 0 Å². The zero-order chi connectivity index (χ0) is 14.5. The van der Waals surface area contributed by atoms with Crippen LogP contribution in [0.25, 0.3) is 16.8 Å². The Kier molecular flexibility index (Phi) is 4.10. The van der Waals surface area contributed by atoms with E-state index < -0.39 is 16.6 Å². The van der Waals surface area contributed by atoms with Crippen LogP contribution in [0.5, 0.6) is 0 Å². The minimum absolute atomic E-state index is 0.0968. The van der Waals surface area contributed by atoms with Gasteiger partial charge in [-0.15, -0.1) is 0 Å². The number of ether oxygens (including phenoxy) is 1. The lowest BCUT2D eigenvalue weighted by atomic mass is 10.0. The van der Waals surface area contributed by atoms with Crippen molar-refractivity contribution >= 4 is 22.8 Å². The Hall–Kier alpha value is -2.69. The summed E-state index contributed by atoms with van der Waals surface area (Å²) in [5.41, 5.74) is 0.0473. The molecule has 0 aromatic heterocycles. The topological polar surface area (TPSA) is 69.4 Å². The van der Waals surface area contributed by atoms with Crippen molar-refractivity contribution in [1.29, 1.82) is 0 Å². The Morgan fingerprint density at radius 3 is 2.65 bits per heavy atom. The molecule has 102 valence electrons. The van der Waals surface area contributed by atoms with Gasteiger partial charge in [-0.1, -0.05) is 42.5 Å². The Morgan fingerprint density at radius 2 is 1.95 bits per heavy atom. The second-order valence-electron chi connectivity index (χ2n) is 4.08. The van der Waals surface area contributed by atoms with Crippen LogP contribution < -0.4 is 0 Å². The van der Waals surface area contributed by atoms with Gasteiger partial charge in [0.25, 0.3) is 0 Å². The predicted octanol–water partition coefficient (Wildman–Crippen LogP) is 3.02. The van der Waals surface area contributed by atoms with E-state index in [0.717, 1.165) is 10.8 Å². The van der Waals surface area contributed by atoms with E-state index in [1.165, 1.54) is 6.08 Å². The van der Waals surface area contributed by atoms with Crippen LogP contribution in [0.15, 0.2) is 48.2 Å². The SMILES string of the molecule is CCOC(=O)/C(=C/c1cccc2ccccc12)[N+](=O)[O-]. The Labute approximate surface area is 115 Å². The molecular weight excluding hydrogens is 258 g/mol. The van der Waals surface area contributed by atoms with Crippen molar-refractivity contribution in [2.75, 3.05) is 6.61 Å². The summed E-state index contributed by atoms with van der Waals surface area (Å²) in [5, 5.41) is 12.8. The molecule has 0 aliphatic carbocycles. The first-order valence-electron chi connectivity index (χ1n) is 6.14. The van der Waals surface area contributed by atoms with Gasteiger partial charge in [-0.25, -0.2) is 4.79 Å². The van der Waals surface area contributed by atoms with E-state index in [1.807, 2.05) is 30.3 Å². The normalized spacial score (nSPS) is 11.3. The molecule has 20 heavy (non-hydrogen) atoms. The van der Waals surface area contributed by atoms with Crippen LogP contribution in [0.2, 0.25) is 0 Å². The number of hydrogen-bond acceptors (Lipinski definition) is 4. The molecule has 0 atom stereocenters. The maximum Gasteiger partial charge on any atom is 0.409 e. The van der Waals surface area contributed by atoms with Crippen LogP contribution in [0.3, 0.4) is 0 Å². The maximum absolute atomic E-state index is 11.6. The highest BCUT2D eigenvalue weighted by molar-refractivity contribution is 5.96.